The molecule has 0 N–H and O–H groups in total. The van der Waals surface area contributed by atoms with Crippen LogP contribution in [0.4, 0.5) is 0 Å². The molecule has 0 aromatic heterocycles. The normalized spacial score (nSPS) is 15.2. The topological polar surface area (TPSA) is 34.1 Å². The zero-order valence-electron chi connectivity index (χ0n) is 9.04. The van der Waals surface area contributed by atoms with Crippen LogP contribution in [0.25, 0.3) is 14.4 Å². The van der Waals surface area contributed by atoms with Crippen molar-refractivity contribution in [1.29, 1.82) is 0 Å². The van der Waals surface area contributed by atoms with E-state index in [1.165, 1.54) is 0 Å². The second-order valence-electron chi connectivity index (χ2n) is 4.03. The van der Waals surface area contributed by atoms with Gasteiger partial charge in [0.05, 0.1) is 3.58 Å². The van der Waals surface area contributed by atoms with E-state index < -0.39 is 11.6 Å². The highest BCUT2D eigenvalue weighted by molar-refractivity contribution is 14.1. The highest BCUT2D eigenvalue weighted by Crippen LogP contribution is 2.38. The zero-order chi connectivity index (χ0) is 12.9. The van der Waals surface area contributed by atoms with Gasteiger partial charge in [-0.25, -0.2) is 0 Å². The van der Waals surface area contributed by atoms with Crippen LogP contribution in [0.5, 0.6) is 0 Å². The van der Waals surface area contributed by atoms with Crippen molar-refractivity contribution in [3.63, 3.8) is 0 Å². The number of halogens is 2. The monoisotopic (exact) mass is 460 g/mol. The van der Waals surface area contributed by atoms with Gasteiger partial charge in [0.1, 0.15) is 0 Å². The summed E-state index contributed by atoms with van der Waals surface area (Å²) in [7, 11) is 0. The molecule has 18 heavy (non-hydrogen) atoms. The Bertz CT molecular complexity index is 745. The van der Waals surface area contributed by atoms with Gasteiger partial charge in [0, 0.05) is 14.7 Å². The van der Waals surface area contributed by atoms with Crippen LogP contribution in [0.3, 0.4) is 0 Å². The van der Waals surface area contributed by atoms with E-state index in [4.69, 9.17) is 0 Å². The van der Waals surface area contributed by atoms with Crippen molar-refractivity contribution >= 4 is 71.1 Å². The molecular weight excluding hydrogens is 454 g/mol. The molecular formula is C14H6I2O2. The average Bonchev–Trinajstić information content (AvgIpc) is 2.41. The molecule has 88 valence electrons. The van der Waals surface area contributed by atoms with Gasteiger partial charge in [0.25, 0.3) is 0 Å². The Morgan fingerprint density at radius 1 is 0.722 bits per heavy atom. The quantitative estimate of drug-likeness (QED) is 0.438. The molecule has 4 heteroatoms. The highest BCUT2D eigenvalue weighted by Gasteiger charge is 2.30. The molecule has 1 aliphatic rings. The summed E-state index contributed by atoms with van der Waals surface area (Å²) in [4.78, 5) is 23.8. The smallest absolute Gasteiger partial charge is 0.240 e. The summed E-state index contributed by atoms with van der Waals surface area (Å²) in [5, 5.41) is 2.07. The molecule has 0 saturated heterocycles. The number of hydrogen-bond donors (Lipinski definition) is 0. The molecule has 2 aromatic carbocycles. The number of carbonyl (C=O) groups excluding carboxylic acids is 2. The number of ketones is 2. The molecule has 1 aliphatic carbocycles. The van der Waals surface area contributed by atoms with Gasteiger partial charge >= 0.3 is 0 Å². The second kappa shape index (κ2) is 4.41. The summed E-state index contributed by atoms with van der Waals surface area (Å²) in [6.45, 7) is 0. The predicted molar refractivity (Wildman–Crippen MR) is 88.2 cm³/mol. The largest absolute Gasteiger partial charge is 0.285 e. The minimum absolute atomic E-state index is 0.400. The Hall–Kier alpha value is -0.760. The lowest BCUT2D eigenvalue weighted by atomic mass is 9.92. The third-order valence-electron chi connectivity index (χ3n) is 2.97. The van der Waals surface area contributed by atoms with Crippen molar-refractivity contribution < 1.29 is 9.59 Å². The zero-order valence-corrected chi connectivity index (χ0v) is 13.4. The molecule has 0 atom stereocenters. The molecule has 0 spiro atoms. The molecule has 0 saturated carbocycles. The number of allylic oxidation sites excluding steroid dienone is 1. The van der Waals surface area contributed by atoms with Gasteiger partial charge in [-0.1, -0.05) is 24.3 Å². The van der Waals surface area contributed by atoms with E-state index in [1.807, 2.05) is 59.0 Å². The first kappa shape index (κ1) is 12.3. The maximum absolute atomic E-state index is 12.0. The van der Waals surface area contributed by atoms with Gasteiger partial charge in [-0.3, -0.25) is 9.59 Å². The molecule has 0 radical (unpaired) electrons. The van der Waals surface area contributed by atoms with E-state index in [0.717, 1.165) is 19.9 Å². The maximum Gasteiger partial charge on any atom is 0.240 e. The number of benzene rings is 2. The minimum Gasteiger partial charge on any atom is -0.285 e. The van der Waals surface area contributed by atoms with Crippen LogP contribution in [0.1, 0.15) is 15.9 Å². The molecule has 0 bridgehead atoms. The van der Waals surface area contributed by atoms with Crippen LogP contribution in [0, 0.1) is 0 Å². The molecule has 2 nitrogen and oxygen atoms in total. The van der Waals surface area contributed by atoms with Crippen LogP contribution < -0.4 is 0 Å². The third kappa shape index (κ3) is 1.73. The highest BCUT2D eigenvalue weighted by atomic mass is 127. The fourth-order valence-corrected chi connectivity index (χ4v) is 3.28. The summed E-state index contributed by atoms with van der Waals surface area (Å²) in [6.07, 6.45) is 0. The van der Waals surface area contributed by atoms with Gasteiger partial charge in [-0.15, -0.1) is 0 Å². The van der Waals surface area contributed by atoms with Crippen molar-refractivity contribution in [2.75, 3.05) is 0 Å². The van der Waals surface area contributed by atoms with Crippen LogP contribution >= 0.6 is 45.2 Å². The number of rotatable bonds is 0. The Kier molecular flexibility index (Phi) is 3.01. The molecule has 3 rings (SSSR count). The van der Waals surface area contributed by atoms with E-state index >= 15 is 0 Å². The Labute approximate surface area is 131 Å². The van der Waals surface area contributed by atoms with Crippen molar-refractivity contribution in [3.8, 4) is 0 Å². The number of Topliss-reactive ketones (excluding diaryl/α,β-unsaturated/α-hetero) is 2. The summed E-state index contributed by atoms with van der Waals surface area (Å²) in [5.74, 6) is -0.802. The summed E-state index contributed by atoms with van der Waals surface area (Å²) in [5.41, 5.74) is 1.38. The van der Waals surface area contributed by atoms with E-state index in [1.54, 1.807) is 0 Å². The predicted octanol–water partition coefficient (Wildman–Crippen LogP) is 4.14. The minimum atomic E-state index is -0.402. The molecule has 0 amide bonds. The standard InChI is InChI=1S/C14H6I2O2/c15-11-9-5-7-3-1-2-4-8(7)6-10(9)13(17)14(18)12(11)16/h1-6H. The van der Waals surface area contributed by atoms with E-state index in [0.29, 0.717) is 9.14 Å². The average molecular weight is 460 g/mol. The van der Waals surface area contributed by atoms with Crippen LogP contribution in [-0.4, -0.2) is 11.6 Å². The lowest BCUT2D eigenvalue weighted by Gasteiger charge is -2.15. The van der Waals surface area contributed by atoms with Gasteiger partial charge in [0.2, 0.25) is 11.6 Å². The summed E-state index contributed by atoms with van der Waals surface area (Å²) in [6, 6.07) is 11.6. The number of carbonyl (C=O) groups is 2. The van der Waals surface area contributed by atoms with Gasteiger partial charge in [-0.05, 0) is 68.1 Å². The third-order valence-corrected chi connectivity index (χ3v) is 6.15. The first-order valence-electron chi connectivity index (χ1n) is 5.27. The van der Waals surface area contributed by atoms with Gasteiger partial charge < -0.3 is 0 Å². The van der Waals surface area contributed by atoms with Crippen molar-refractivity contribution in [3.05, 3.63) is 51.1 Å². The molecule has 2 aromatic rings. The summed E-state index contributed by atoms with van der Waals surface area (Å²) < 4.78 is 1.37. The van der Waals surface area contributed by atoms with E-state index in [2.05, 4.69) is 22.6 Å². The van der Waals surface area contributed by atoms with E-state index in [-0.39, 0.29) is 0 Å². The van der Waals surface area contributed by atoms with Crippen LogP contribution in [-0.2, 0) is 4.79 Å². The molecule has 0 fully saturated rings. The maximum atomic E-state index is 12.0. The number of fused-ring (bicyclic) bond motifs is 2. The van der Waals surface area contributed by atoms with Crippen molar-refractivity contribution in [2.45, 2.75) is 0 Å². The molecule has 0 aliphatic heterocycles. The fraction of sp³-hybridized carbons (Fsp3) is 0. The van der Waals surface area contributed by atoms with E-state index in [9.17, 15) is 9.59 Å². The number of hydrogen-bond acceptors (Lipinski definition) is 2. The molecule has 0 heterocycles. The SMILES string of the molecule is O=C1C(=O)c2cc3ccccc3cc2C(I)=C1I. The first-order chi connectivity index (χ1) is 8.59. The first-order valence-corrected chi connectivity index (χ1v) is 7.43. The van der Waals surface area contributed by atoms with Gasteiger partial charge in [0.15, 0.2) is 0 Å². The lowest BCUT2D eigenvalue weighted by Crippen LogP contribution is -2.20. The second-order valence-corrected chi connectivity index (χ2v) is 6.19. The fourth-order valence-electron chi connectivity index (χ4n) is 2.05. The lowest BCUT2D eigenvalue weighted by molar-refractivity contribution is -0.111. The van der Waals surface area contributed by atoms with Crippen LogP contribution in [0.2, 0.25) is 0 Å². The van der Waals surface area contributed by atoms with Crippen molar-refractivity contribution in [2.24, 2.45) is 0 Å². The Morgan fingerprint density at radius 3 is 1.89 bits per heavy atom. The van der Waals surface area contributed by atoms with Gasteiger partial charge in [-0.2, -0.15) is 0 Å². The molecule has 0 unspecified atom stereocenters. The van der Waals surface area contributed by atoms with Crippen LogP contribution in [0.15, 0.2) is 40.0 Å². The summed E-state index contributed by atoms with van der Waals surface area (Å²) >= 11 is 4.08. The van der Waals surface area contributed by atoms with Crippen molar-refractivity contribution in [1.82, 2.24) is 0 Å². The Balaban J connectivity index is 2.42. The Morgan fingerprint density at radius 2 is 1.28 bits per heavy atom.